The molecule has 1 aromatic heterocycles. The number of piperazine rings is 1. The molecular formula is C14H14N4O3. The zero-order valence-electron chi connectivity index (χ0n) is 11.4. The molecule has 1 aliphatic heterocycles. The highest BCUT2D eigenvalue weighted by Crippen LogP contribution is 2.19. The fourth-order valence-corrected chi connectivity index (χ4v) is 2.46. The monoisotopic (exact) mass is 286 g/mol. The molecule has 2 aromatic rings. The van der Waals surface area contributed by atoms with E-state index in [1.807, 2.05) is 24.3 Å². The third-order valence-electron chi connectivity index (χ3n) is 3.52. The molecule has 1 unspecified atom stereocenters. The SMILES string of the molecule is CC(C(=O)N1CC(=O)NC(=O)C1)n1cnc2ccccc21. The molecule has 0 bridgehead atoms. The van der Waals surface area contributed by atoms with E-state index in [2.05, 4.69) is 10.3 Å². The van der Waals surface area contributed by atoms with Gasteiger partial charge in [-0.2, -0.15) is 0 Å². The minimum Gasteiger partial charge on any atom is -0.322 e. The number of amides is 3. The van der Waals surface area contributed by atoms with Crippen molar-refractivity contribution in [3.8, 4) is 0 Å². The van der Waals surface area contributed by atoms with Gasteiger partial charge in [-0.15, -0.1) is 0 Å². The Morgan fingerprint density at radius 1 is 1.24 bits per heavy atom. The van der Waals surface area contributed by atoms with Crippen LogP contribution in [0.4, 0.5) is 0 Å². The van der Waals surface area contributed by atoms with Gasteiger partial charge in [0.2, 0.25) is 17.7 Å². The Kier molecular flexibility index (Phi) is 3.17. The number of para-hydroxylation sites is 2. The normalized spacial score (nSPS) is 16.9. The Morgan fingerprint density at radius 3 is 2.62 bits per heavy atom. The minimum atomic E-state index is -0.531. The molecule has 0 aliphatic carbocycles. The van der Waals surface area contributed by atoms with Crippen LogP contribution in [0, 0.1) is 0 Å². The molecule has 7 nitrogen and oxygen atoms in total. The number of carbonyl (C=O) groups is 3. The summed E-state index contributed by atoms with van der Waals surface area (Å²) in [6.45, 7) is 1.54. The van der Waals surface area contributed by atoms with E-state index in [0.717, 1.165) is 11.0 Å². The van der Waals surface area contributed by atoms with Crippen molar-refractivity contribution in [3.05, 3.63) is 30.6 Å². The second kappa shape index (κ2) is 5.01. The molecule has 0 saturated carbocycles. The molecule has 7 heteroatoms. The van der Waals surface area contributed by atoms with Crippen LogP contribution < -0.4 is 5.32 Å². The molecule has 0 radical (unpaired) electrons. The molecule has 21 heavy (non-hydrogen) atoms. The van der Waals surface area contributed by atoms with Gasteiger partial charge in [-0.25, -0.2) is 4.98 Å². The maximum atomic E-state index is 12.5. The zero-order chi connectivity index (χ0) is 15.0. The van der Waals surface area contributed by atoms with E-state index in [4.69, 9.17) is 0 Å². The predicted molar refractivity (Wildman–Crippen MR) is 74.2 cm³/mol. The lowest BCUT2D eigenvalue weighted by atomic mass is 10.2. The van der Waals surface area contributed by atoms with Gasteiger partial charge in [-0.05, 0) is 19.1 Å². The fourth-order valence-electron chi connectivity index (χ4n) is 2.46. The molecule has 3 rings (SSSR count). The van der Waals surface area contributed by atoms with E-state index >= 15 is 0 Å². The highest BCUT2D eigenvalue weighted by molar-refractivity contribution is 6.03. The van der Waals surface area contributed by atoms with E-state index in [1.54, 1.807) is 17.8 Å². The number of hydrogen-bond acceptors (Lipinski definition) is 4. The van der Waals surface area contributed by atoms with Gasteiger partial charge in [0.15, 0.2) is 0 Å². The average Bonchev–Trinajstić information content (AvgIpc) is 2.88. The third kappa shape index (κ3) is 2.37. The van der Waals surface area contributed by atoms with Crippen molar-refractivity contribution in [1.82, 2.24) is 19.8 Å². The summed E-state index contributed by atoms with van der Waals surface area (Å²) < 4.78 is 1.74. The number of carbonyl (C=O) groups excluding carboxylic acids is 3. The van der Waals surface area contributed by atoms with Crippen molar-refractivity contribution in [2.45, 2.75) is 13.0 Å². The van der Waals surface area contributed by atoms with Crippen LogP contribution in [0.25, 0.3) is 11.0 Å². The van der Waals surface area contributed by atoms with Gasteiger partial charge in [-0.3, -0.25) is 19.7 Å². The topological polar surface area (TPSA) is 84.3 Å². The first-order chi connectivity index (χ1) is 10.1. The van der Waals surface area contributed by atoms with E-state index < -0.39 is 17.9 Å². The Labute approximate surface area is 120 Å². The lowest BCUT2D eigenvalue weighted by Crippen LogP contribution is -2.54. The van der Waals surface area contributed by atoms with Gasteiger partial charge in [0, 0.05) is 0 Å². The number of aromatic nitrogens is 2. The number of rotatable bonds is 2. The molecule has 3 amide bonds. The van der Waals surface area contributed by atoms with Crippen LogP contribution >= 0.6 is 0 Å². The Balaban J connectivity index is 1.87. The molecule has 108 valence electrons. The molecule has 1 aliphatic rings. The van der Waals surface area contributed by atoms with Gasteiger partial charge >= 0.3 is 0 Å². The third-order valence-corrected chi connectivity index (χ3v) is 3.52. The van der Waals surface area contributed by atoms with Crippen LogP contribution in [-0.4, -0.2) is 45.3 Å². The van der Waals surface area contributed by atoms with E-state index in [-0.39, 0.29) is 19.0 Å². The van der Waals surface area contributed by atoms with Crippen LogP contribution in [0.1, 0.15) is 13.0 Å². The van der Waals surface area contributed by atoms with Gasteiger partial charge in [0.05, 0.1) is 17.4 Å². The predicted octanol–water partition coefficient (Wildman–Crippen LogP) is 0.0823. The zero-order valence-corrected chi connectivity index (χ0v) is 11.4. The number of fused-ring (bicyclic) bond motifs is 1. The van der Waals surface area contributed by atoms with Crippen LogP contribution in [0.15, 0.2) is 30.6 Å². The highest BCUT2D eigenvalue weighted by Gasteiger charge is 2.30. The van der Waals surface area contributed by atoms with E-state index in [9.17, 15) is 14.4 Å². The molecule has 1 saturated heterocycles. The van der Waals surface area contributed by atoms with Crippen molar-refractivity contribution in [2.75, 3.05) is 13.1 Å². The average molecular weight is 286 g/mol. The van der Waals surface area contributed by atoms with E-state index in [0.29, 0.717) is 0 Å². The standard InChI is InChI=1S/C14H14N4O3/c1-9(14(21)17-6-12(19)16-13(20)7-17)18-8-15-10-4-2-3-5-11(10)18/h2-5,8-9H,6-7H2,1H3,(H,16,19,20). The maximum Gasteiger partial charge on any atom is 0.246 e. The second-order valence-corrected chi connectivity index (χ2v) is 4.98. The van der Waals surface area contributed by atoms with Gasteiger partial charge in [0.25, 0.3) is 0 Å². The molecule has 0 spiro atoms. The van der Waals surface area contributed by atoms with Crippen LogP contribution in [0.5, 0.6) is 0 Å². The number of nitrogens with one attached hydrogen (secondary N) is 1. The Morgan fingerprint density at radius 2 is 1.90 bits per heavy atom. The van der Waals surface area contributed by atoms with Gasteiger partial charge in [-0.1, -0.05) is 12.1 Å². The van der Waals surface area contributed by atoms with Gasteiger partial charge < -0.3 is 9.47 Å². The molecule has 1 atom stereocenters. The van der Waals surface area contributed by atoms with Crippen molar-refractivity contribution in [2.24, 2.45) is 0 Å². The summed E-state index contributed by atoms with van der Waals surface area (Å²) in [6, 6.07) is 6.95. The quantitative estimate of drug-likeness (QED) is 0.793. The first kappa shape index (κ1) is 13.3. The lowest BCUT2D eigenvalue weighted by molar-refractivity contribution is -0.146. The highest BCUT2D eigenvalue weighted by atomic mass is 16.2. The summed E-state index contributed by atoms with van der Waals surface area (Å²) in [5.74, 6) is -1.19. The van der Waals surface area contributed by atoms with E-state index in [1.165, 1.54) is 4.90 Å². The summed E-state index contributed by atoms with van der Waals surface area (Å²) in [6.07, 6.45) is 1.60. The van der Waals surface area contributed by atoms with Crippen LogP contribution in [0.3, 0.4) is 0 Å². The first-order valence-corrected chi connectivity index (χ1v) is 6.59. The Bertz CT molecular complexity index is 721. The molecule has 2 heterocycles. The lowest BCUT2D eigenvalue weighted by Gasteiger charge is -2.28. The fraction of sp³-hybridized carbons (Fsp3) is 0.286. The van der Waals surface area contributed by atoms with Crippen molar-refractivity contribution >= 4 is 28.8 Å². The maximum absolute atomic E-state index is 12.5. The van der Waals surface area contributed by atoms with Crippen molar-refractivity contribution in [1.29, 1.82) is 0 Å². The number of imide groups is 1. The van der Waals surface area contributed by atoms with Crippen molar-refractivity contribution in [3.63, 3.8) is 0 Å². The number of benzene rings is 1. The van der Waals surface area contributed by atoms with Crippen molar-refractivity contribution < 1.29 is 14.4 Å². The minimum absolute atomic E-state index is 0.0957. The smallest absolute Gasteiger partial charge is 0.246 e. The summed E-state index contributed by atoms with van der Waals surface area (Å²) in [4.78, 5) is 40.7. The Hall–Kier alpha value is -2.70. The summed E-state index contributed by atoms with van der Waals surface area (Å²) in [5, 5.41) is 2.18. The second-order valence-electron chi connectivity index (χ2n) is 4.98. The number of imidazole rings is 1. The van der Waals surface area contributed by atoms with Crippen LogP contribution in [0.2, 0.25) is 0 Å². The largest absolute Gasteiger partial charge is 0.322 e. The molecule has 1 N–H and O–H groups in total. The van der Waals surface area contributed by atoms with Crippen LogP contribution in [-0.2, 0) is 14.4 Å². The number of hydrogen-bond donors (Lipinski definition) is 1. The molecule has 1 fully saturated rings. The van der Waals surface area contributed by atoms with Gasteiger partial charge in [0.1, 0.15) is 19.1 Å². The summed E-state index contributed by atoms with van der Waals surface area (Å²) >= 11 is 0. The molecule has 1 aromatic carbocycles. The summed E-state index contributed by atoms with van der Waals surface area (Å²) in [5.41, 5.74) is 1.63. The first-order valence-electron chi connectivity index (χ1n) is 6.59. The molecular weight excluding hydrogens is 272 g/mol. The summed E-state index contributed by atoms with van der Waals surface area (Å²) in [7, 11) is 0. The number of nitrogens with zero attached hydrogens (tertiary/aromatic N) is 3.